The minimum absolute atomic E-state index is 0.165. The Morgan fingerprint density at radius 2 is 1.75 bits per heavy atom. The minimum Gasteiger partial charge on any atom is -0.385 e. The molecule has 1 aromatic carbocycles. The lowest BCUT2D eigenvalue weighted by Gasteiger charge is -2.55. The van der Waals surface area contributed by atoms with Crippen molar-refractivity contribution < 1.29 is 19.4 Å². The number of ether oxygens (including phenoxy) is 2. The van der Waals surface area contributed by atoms with Crippen molar-refractivity contribution in [3.8, 4) is 11.5 Å². The van der Waals surface area contributed by atoms with Gasteiger partial charge in [0.15, 0.2) is 5.79 Å². The summed E-state index contributed by atoms with van der Waals surface area (Å²) in [4.78, 5) is 13.2. The van der Waals surface area contributed by atoms with E-state index in [1.54, 1.807) is 0 Å². The summed E-state index contributed by atoms with van der Waals surface area (Å²) in [6, 6.07) is 8.76. The van der Waals surface area contributed by atoms with Gasteiger partial charge >= 0.3 is 0 Å². The molecule has 4 nitrogen and oxygen atoms in total. The third-order valence-corrected chi connectivity index (χ3v) is 10.7. The van der Waals surface area contributed by atoms with Crippen LogP contribution in [0, 0.1) is 28.7 Å². The van der Waals surface area contributed by atoms with E-state index in [-0.39, 0.29) is 11.3 Å². The summed E-state index contributed by atoms with van der Waals surface area (Å²) >= 11 is 0. The molecule has 5 heteroatoms. The van der Waals surface area contributed by atoms with Crippen LogP contribution >= 0.6 is 0 Å². The normalized spacial score (nSPS) is 37.2. The van der Waals surface area contributed by atoms with Gasteiger partial charge in [0.25, 0.3) is 0 Å². The van der Waals surface area contributed by atoms with E-state index in [1.165, 1.54) is 16.7 Å². The molecule has 0 aromatic heterocycles. The summed E-state index contributed by atoms with van der Waals surface area (Å²) in [6.07, 6.45) is 6.37. The maximum absolute atomic E-state index is 13.2. The fourth-order valence-corrected chi connectivity index (χ4v) is 8.66. The topological polar surface area (TPSA) is 55.8 Å². The van der Waals surface area contributed by atoms with E-state index in [2.05, 4.69) is 62.3 Å². The number of carbonyl (C=O) groups excluding carboxylic acids is 1. The molecule has 1 heterocycles. The Kier molecular flexibility index (Phi) is 5.74. The predicted octanol–water partition coefficient (Wildman–Crippen LogP) is 5.75. The van der Waals surface area contributed by atoms with Gasteiger partial charge in [-0.15, -0.1) is 5.54 Å². The van der Waals surface area contributed by atoms with Gasteiger partial charge in [-0.25, -0.2) is 0 Å². The van der Waals surface area contributed by atoms with Gasteiger partial charge in [0.05, 0.1) is 18.8 Å². The van der Waals surface area contributed by atoms with Crippen LogP contribution < -0.4 is 0 Å². The third-order valence-electron chi connectivity index (χ3n) is 9.83. The Hall–Kier alpha value is -1.71. The molecule has 1 spiro atoms. The molecule has 4 fully saturated rings. The highest BCUT2D eigenvalue weighted by Crippen LogP contribution is 2.64. The van der Waals surface area contributed by atoms with Gasteiger partial charge in [0.2, 0.25) is 0 Å². The quantitative estimate of drug-likeness (QED) is 0.300. The Labute approximate surface area is 216 Å². The van der Waals surface area contributed by atoms with Crippen LogP contribution in [0.2, 0.25) is 19.6 Å². The Balaban J connectivity index is 1.42. The van der Waals surface area contributed by atoms with E-state index in [0.29, 0.717) is 43.7 Å². The lowest BCUT2D eigenvalue weighted by Crippen LogP contribution is -2.53. The molecule has 0 bridgehead atoms. The molecule has 3 saturated carbocycles. The van der Waals surface area contributed by atoms with E-state index in [9.17, 15) is 9.90 Å². The highest BCUT2D eigenvalue weighted by molar-refractivity contribution is 6.83. The molecular formula is C31H40O4Si. The van der Waals surface area contributed by atoms with Gasteiger partial charge in [-0.3, -0.25) is 4.79 Å². The Morgan fingerprint density at radius 3 is 2.44 bits per heavy atom. The number of allylic oxidation sites excluding steroid dienone is 1. The van der Waals surface area contributed by atoms with Crippen molar-refractivity contribution >= 4 is 13.9 Å². The first kappa shape index (κ1) is 24.6. The first-order valence-electron chi connectivity index (χ1n) is 13.9. The van der Waals surface area contributed by atoms with Crippen molar-refractivity contribution in [3.05, 3.63) is 46.5 Å². The van der Waals surface area contributed by atoms with Gasteiger partial charge < -0.3 is 14.6 Å². The van der Waals surface area contributed by atoms with Crippen LogP contribution in [-0.2, 0) is 14.3 Å². The third kappa shape index (κ3) is 3.96. The summed E-state index contributed by atoms with van der Waals surface area (Å²) in [6.45, 7) is 10.2. The fraction of sp³-hybridized carbons (Fsp3) is 0.645. The van der Waals surface area contributed by atoms with Gasteiger partial charge in [-0.05, 0) is 67.2 Å². The molecule has 0 amide bonds. The molecule has 6 rings (SSSR count). The van der Waals surface area contributed by atoms with Crippen LogP contribution in [0.1, 0.15) is 75.3 Å². The van der Waals surface area contributed by atoms with Crippen LogP contribution in [0.15, 0.2) is 35.4 Å². The van der Waals surface area contributed by atoms with Crippen LogP contribution in [0.5, 0.6) is 0 Å². The average molecular weight is 505 g/mol. The number of hydrogen-bond acceptors (Lipinski definition) is 4. The molecule has 0 unspecified atom stereocenters. The van der Waals surface area contributed by atoms with Gasteiger partial charge in [0, 0.05) is 36.2 Å². The smallest absolute Gasteiger partial charge is 0.171 e. The van der Waals surface area contributed by atoms with Crippen molar-refractivity contribution in [3.63, 3.8) is 0 Å². The number of aliphatic hydroxyl groups is 1. The maximum Gasteiger partial charge on any atom is 0.171 e. The van der Waals surface area contributed by atoms with E-state index < -0.39 is 19.5 Å². The van der Waals surface area contributed by atoms with Gasteiger partial charge in [0.1, 0.15) is 13.9 Å². The van der Waals surface area contributed by atoms with E-state index in [4.69, 9.17) is 9.47 Å². The second-order valence-corrected chi connectivity index (χ2v) is 18.0. The zero-order valence-electron chi connectivity index (χ0n) is 22.3. The van der Waals surface area contributed by atoms with Gasteiger partial charge in [-0.2, -0.15) is 0 Å². The van der Waals surface area contributed by atoms with E-state index >= 15 is 0 Å². The summed E-state index contributed by atoms with van der Waals surface area (Å²) in [5.74, 6) is 4.13. The highest BCUT2D eigenvalue weighted by Gasteiger charge is 2.60. The number of benzene rings is 1. The number of carbonyl (C=O) groups is 1. The van der Waals surface area contributed by atoms with Crippen molar-refractivity contribution in [1.82, 2.24) is 0 Å². The van der Waals surface area contributed by atoms with Crippen molar-refractivity contribution in [2.45, 2.75) is 95.2 Å². The van der Waals surface area contributed by atoms with Crippen LogP contribution in [0.25, 0.3) is 0 Å². The molecule has 192 valence electrons. The zero-order chi connectivity index (χ0) is 25.3. The SMILES string of the molecule is C[C@@]12C[C@H](c3ccc(C#C[Si](C)(C)C)cc3)C3=C4CCC5(C[C@]4(O)CC[C@H]3[C@@H]1CCC2=O)OCCO5. The standard InChI is InChI=1S/C31H40O4Si/c1-29-19-24(22-7-5-21(6-8-22)13-18-36(2,3)4)28-23(25(29)9-10-27(29)32)11-14-30(33)20-31(15-12-26(28)30)34-16-17-35-31/h5-8,23-25,33H,9-12,14-17,19-20H2,1-4H3/t23-,24+,25-,29+,30+/m0/s1. The lowest BCUT2D eigenvalue weighted by molar-refractivity contribution is -0.208. The molecule has 1 N–H and O–H groups in total. The molecular weight excluding hydrogens is 464 g/mol. The molecule has 4 aliphatic carbocycles. The van der Waals surface area contributed by atoms with Crippen molar-refractivity contribution in [2.24, 2.45) is 17.3 Å². The second kappa shape index (κ2) is 8.40. The van der Waals surface area contributed by atoms with E-state index in [0.717, 1.165) is 44.1 Å². The molecule has 36 heavy (non-hydrogen) atoms. The largest absolute Gasteiger partial charge is 0.385 e. The zero-order valence-corrected chi connectivity index (χ0v) is 23.3. The summed E-state index contributed by atoms with van der Waals surface area (Å²) in [5, 5.41) is 12.1. The summed E-state index contributed by atoms with van der Waals surface area (Å²) in [7, 11) is -1.44. The monoisotopic (exact) mass is 504 g/mol. The number of hydrogen-bond donors (Lipinski definition) is 1. The van der Waals surface area contributed by atoms with Crippen LogP contribution in [0.4, 0.5) is 0 Å². The fourth-order valence-electron chi connectivity index (χ4n) is 8.14. The number of rotatable bonds is 1. The average Bonchev–Trinajstić information content (AvgIpc) is 3.40. The first-order valence-corrected chi connectivity index (χ1v) is 17.4. The number of ketones is 1. The first-order chi connectivity index (χ1) is 17.0. The second-order valence-electron chi connectivity index (χ2n) is 13.3. The molecule has 5 atom stereocenters. The molecule has 1 saturated heterocycles. The maximum atomic E-state index is 13.2. The molecule has 1 aliphatic heterocycles. The van der Waals surface area contributed by atoms with Crippen LogP contribution in [-0.4, -0.2) is 43.6 Å². The lowest BCUT2D eigenvalue weighted by atomic mass is 9.51. The summed E-state index contributed by atoms with van der Waals surface area (Å²) in [5.41, 5.74) is 7.33. The van der Waals surface area contributed by atoms with Crippen molar-refractivity contribution in [2.75, 3.05) is 13.2 Å². The minimum atomic E-state index is -1.44. The predicted molar refractivity (Wildman–Crippen MR) is 143 cm³/mol. The molecule has 1 aromatic rings. The number of Topliss-reactive ketones (excluding diaryl/α,β-unsaturated/α-hetero) is 1. The van der Waals surface area contributed by atoms with Gasteiger partial charge in [-0.1, -0.05) is 50.2 Å². The van der Waals surface area contributed by atoms with E-state index in [1.807, 2.05) is 0 Å². The Morgan fingerprint density at radius 1 is 1.03 bits per heavy atom. The molecule has 0 radical (unpaired) electrons. The number of fused-ring (bicyclic) bond motifs is 4. The van der Waals surface area contributed by atoms with Crippen molar-refractivity contribution in [1.29, 1.82) is 0 Å². The summed E-state index contributed by atoms with van der Waals surface area (Å²) < 4.78 is 12.1. The van der Waals surface area contributed by atoms with Crippen LogP contribution in [0.3, 0.4) is 0 Å². The molecule has 5 aliphatic rings. The highest BCUT2D eigenvalue weighted by atomic mass is 28.3. The Bertz CT molecular complexity index is 1160.